The summed E-state index contributed by atoms with van der Waals surface area (Å²) in [7, 11) is 0. The molecule has 0 aliphatic carbocycles. The number of nitrogens with one attached hydrogen (secondary N) is 2. The lowest BCUT2D eigenvalue weighted by Crippen LogP contribution is -2.40. The molecule has 26 heavy (non-hydrogen) atoms. The molecular formula is C19H35N5O2. The molecule has 0 bridgehead atoms. The minimum absolute atomic E-state index is 0.640. The highest BCUT2D eigenvalue weighted by molar-refractivity contribution is 5.79. The summed E-state index contributed by atoms with van der Waals surface area (Å²) in [5.41, 5.74) is 0.997. The van der Waals surface area contributed by atoms with Crippen LogP contribution in [0.5, 0.6) is 0 Å². The number of aryl methyl sites for hydroxylation is 2. The number of guanidine groups is 1. The van der Waals surface area contributed by atoms with Crippen LogP contribution in [0.15, 0.2) is 9.41 Å². The normalized spacial score (nSPS) is 16.8. The van der Waals surface area contributed by atoms with E-state index in [4.69, 9.17) is 14.1 Å². The van der Waals surface area contributed by atoms with E-state index in [2.05, 4.69) is 27.4 Å². The first-order valence-electron chi connectivity index (χ1n) is 9.87. The van der Waals surface area contributed by atoms with E-state index in [1.54, 1.807) is 0 Å². The van der Waals surface area contributed by atoms with Gasteiger partial charge in [0.05, 0.1) is 18.8 Å². The van der Waals surface area contributed by atoms with Gasteiger partial charge < -0.3 is 19.8 Å². The maximum atomic E-state index is 5.70. The van der Waals surface area contributed by atoms with Crippen molar-refractivity contribution in [3.63, 3.8) is 0 Å². The van der Waals surface area contributed by atoms with Gasteiger partial charge in [0.15, 0.2) is 5.96 Å². The number of piperidine rings is 1. The average Bonchev–Trinajstić information content (AvgIpc) is 2.95. The van der Waals surface area contributed by atoms with E-state index in [0.717, 1.165) is 69.2 Å². The number of oxazole rings is 1. The average molecular weight is 366 g/mol. The van der Waals surface area contributed by atoms with Crippen molar-refractivity contribution in [3.05, 3.63) is 17.3 Å². The Morgan fingerprint density at radius 2 is 2.04 bits per heavy atom. The summed E-state index contributed by atoms with van der Waals surface area (Å²) in [5.74, 6) is 3.29. The third-order valence-electron chi connectivity index (χ3n) is 4.73. The molecule has 1 aromatic heterocycles. The number of likely N-dealkylation sites (tertiary alicyclic amines) is 1. The Morgan fingerprint density at radius 3 is 2.65 bits per heavy atom. The van der Waals surface area contributed by atoms with Gasteiger partial charge in [0.1, 0.15) is 5.76 Å². The quantitative estimate of drug-likeness (QED) is 0.397. The standard InChI is InChI=1S/C19H35N5O2/c1-5-20-19(21-9-12-25-6-2)22-13-17-7-10-24(11-8-17)14-18-23-15(3)16(4)26-18/h17H,5-14H2,1-4H3,(H2,20,21,22). The van der Waals surface area contributed by atoms with Crippen LogP contribution in [0.25, 0.3) is 0 Å². The zero-order valence-electron chi connectivity index (χ0n) is 16.8. The summed E-state index contributed by atoms with van der Waals surface area (Å²) in [6, 6.07) is 0. The Kier molecular flexibility index (Phi) is 8.91. The molecule has 1 aromatic rings. The number of rotatable bonds is 9. The summed E-state index contributed by atoms with van der Waals surface area (Å²) in [6.07, 6.45) is 2.33. The second-order valence-electron chi connectivity index (χ2n) is 6.81. The van der Waals surface area contributed by atoms with E-state index in [-0.39, 0.29) is 0 Å². The van der Waals surface area contributed by atoms with Gasteiger partial charge in [0.25, 0.3) is 0 Å². The predicted octanol–water partition coefficient (Wildman–Crippen LogP) is 2.10. The molecule has 0 amide bonds. The molecule has 1 fully saturated rings. The maximum absolute atomic E-state index is 5.70. The fourth-order valence-corrected chi connectivity index (χ4v) is 3.07. The minimum Gasteiger partial charge on any atom is -0.444 e. The smallest absolute Gasteiger partial charge is 0.208 e. The fraction of sp³-hybridized carbons (Fsp3) is 0.789. The number of hydrogen-bond acceptors (Lipinski definition) is 5. The van der Waals surface area contributed by atoms with Gasteiger partial charge in [-0.3, -0.25) is 9.89 Å². The van der Waals surface area contributed by atoms with Gasteiger partial charge in [-0.1, -0.05) is 0 Å². The van der Waals surface area contributed by atoms with Crippen molar-refractivity contribution < 1.29 is 9.15 Å². The first-order chi connectivity index (χ1) is 12.6. The van der Waals surface area contributed by atoms with Crippen molar-refractivity contribution in [1.29, 1.82) is 0 Å². The molecule has 7 heteroatoms. The molecule has 7 nitrogen and oxygen atoms in total. The Hall–Kier alpha value is -1.60. The molecule has 0 spiro atoms. The highest BCUT2D eigenvalue weighted by atomic mass is 16.5. The fourth-order valence-electron chi connectivity index (χ4n) is 3.07. The molecular weight excluding hydrogens is 330 g/mol. The molecule has 1 aliphatic heterocycles. The third kappa shape index (κ3) is 6.96. The van der Waals surface area contributed by atoms with E-state index in [1.807, 2.05) is 20.8 Å². The van der Waals surface area contributed by atoms with Gasteiger partial charge in [0.2, 0.25) is 5.89 Å². The van der Waals surface area contributed by atoms with Gasteiger partial charge >= 0.3 is 0 Å². The Morgan fingerprint density at radius 1 is 1.27 bits per heavy atom. The molecule has 2 heterocycles. The Balaban J connectivity index is 1.72. The number of nitrogens with zero attached hydrogens (tertiary/aromatic N) is 3. The van der Waals surface area contributed by atoms with Crippen LogP contribution in [0.4, 0.5) is 0 Å². The van der Waals surface area contributed by atoms with E-state index >= 15 is 0 Å². The minimum atomic E-state index is 0.640. The van der Waals surface area contributed by atoms with E-state index in [0.29, 0.717) is 12.5 Å². The van der Waals surface area contributed by atoms with E-state index in [9.17, 15) is 0 Å². The summed E-state index contributed by atoms with van der Waals surface area (Å²) in [4.78, 5) is 11.7. The van der Waals surface area contributed by atoms with Crippen LogP contribution in [0, 0.1) is 19.8 Å². The van der Waals surface area contributed by atoms with Crippen LogP contribution < -0.4 is 10.6 Å². The summed E-state index contributed by atoms with van der Waals surface area (Å²) in [6.45, 7) is 15.0. The van der Waals surface area contributed by atoms with Crippen molar-refractivity contribution in [3.8, 4) is 0 Å². The van der Waals surface area contributed by atoms with Gasteiger partial charge in [-0.15, -0.1) is 0 Å². The SMILES string of the molecule is CCNC(=NCC1CCN(Cc2nc(C)c(C)o2)CC1)NCCOCC. The summed E-state index contributed by atoms with van der Waals surface area (Å²) in [5, 5.41) is 6.63. The monoisotopic (exact) mass is 365 g/mol. The van der Waals surface area contributed by atoms with Crippen molar-refractivity contribution in [2.24, 2.45) is 10.9 Å². The molecule has 1 aliphatic rings. The van der Waals surface area contributed by atoms with E-state index < -0.39 is 0 Å². The Labute approximate surface area is 157 Å². The zero-order chi connectivity index (χ0) is 18.8. The van der Waals surface area contributed by atoms with Gasteiger partial charge in [-0.25, -0.2) is 4.98 Å². The van der Waals surface area contributed by atoms with Crippen LogP contribution in [0.1, 0.15) is 44.0 Å². The largest absolute Gasteiger partial charge is 0.444 e. The molecule has 0 unspecified atom stereocenters. The van der Waals surface area contributed by atoms with Crippen molar-refractivity contribution >= 4 is 5.96 Å². The third-order valence-corrected chi connectivity index (χ3v) is 4.73. The second kappa shape index (κ2) is 11.2. The summed E-state index contributed by atoms with van der Waals surface area (Å²) < 4.78 is 11.1. The molecule has 0 aromatic carbocycles. The van der Waals surface area contributed by atoms with Gasteiger partial charge in [-0.2, -0.15) is 0 Å². The number of aliphatic imine (C=N–C) groups is 1. The van der Waals surface area contributed by atoms with Crippen LogP contribution in [-0.4, -0.2) is 61.8 Å². The molecule has 1 saturated heterocycles. The van der Waals surface area contributed by atoms with Crippen molar-refractivity contribution in [1.82, 2.24) is 20.5 Å². The number of hydrogen-bond donors (Lipinski definition) is 2. The lowest BCUT2D eigenvalue weighted by molar-refractivity contribution is 0.152. The van der Waals surface area contributed by atoms with Gasteiger partial charge in [-0.05, 0) is 59.5 Å². The number of ether oxygens (including phenoxy) is 1. The van der Waals surface area contributed by atoms with E-state index in [1.165, 1.54) is 12.8 Å². The zero-order valence-corrected chi connectivity index (χ0v) is 16.8. The molecule has 0 radical (unpaired) electrons. The lowest BCUT2D eigenvalue weighted by atomic mass is 9.97. The number of aromatic nitrogens is 1. The molecule has 0 saturated carbocycles. The Bertz CT molecular complexity index is 531. The van der Waals surface area contributed by atoms with Crippen LogP contribution in [0.2, 0.25) is 0 Å². The highest BCUT2D eigenvalue weighted by Crippen LogP contribution is 2.20. The van der Waals surface area contributed by atoms with Gasteiger partial charge in [0, 0.05) is 26.2 Å². The molecule has 2 rings (SSSR count). The van der Waals surface area contributed by atoms with Crippen LogP contribution in [0.3, 0.4) is 0 Å². The second-order valence-corrected chi connectivity index (χ2v) is 6.81. The first-order valence-corrected chi connectivity index (χ1v) is 9.87. The van der Waals surface area contributed by atoms with Crippen molar-refractivity contribution in [2.45, 2.75) is 47.1 Å². The predicted molar refractivity (Wildman–Crippen MR) is 104 cm³/mol. The molecule has 148 valence electrons. The highest BCUT2D eigenvalue weighted by Gasteiger charge is 2.20. The topological polar surface area (TPSA) is 74.9 Å². The van der Waals surface area contributed by atoms with Crippen LogP contribution >= 0.6 is 0 Å². The lowest BCUT2D eigenvalue weighted by Gasteiger charge is -2.30. The molecule has 2 N–H and O–H groups in total. The summed E-state index contributed by atoms with van der Waals surface area (Å²) >= 11 is 0. The first kappa shape index (κ1) is 20.7. The van der Waals surface area contributed by atoms with Crippen LogP contribution in [-0.2, 0) is 11.3 Å². The maximum Gasteiger partial charge on any atom is 0.208 e. The van der Waals surface area contributed by atoms with Crippen molar-refractivity contribution in [2.75, 3.05) is 45.9 Å². The molecule has 0 atom stereocenters.